The van der Waals surface area contributed by atoms with E-state index in [9.17, 15) is 4.79 Å². The highest BCUT2D eigenvalue weighted by Crippen LogP contribution is 2.21. The van der Waals surface area contributed by atoms with Gasteiger partial charge >= 0.3 is 0 Å². The van der Waals surface area contributed by atoms with Crippen LogP contribution in [-0.2, 0) is 4.79 Å². The molecule has 0 bridgehead atoms. The molecule has 3 rings (SSSR count). The van der Waals surface area contributed by atoms with Crippen molar-refractivity contribution in [2.75, 3.05) is 17.3 Å². The van der Waals surface area contributed by atoms with Crippen molar-refractivity contribution in [3.63, 3.8) is 0 Å². The van der Waals surface area contributed by atoms with Gasteiger partial charge in [-0.1, -0.05) is 36.0 Å². The molecule has 0 aliphatic rings. The molecule has 2 aromatic carbocycles. The lowest BCUT2D eigenvalue weighted by molar-refractivity contribution is -0.113. The van der Waals surface area contributed by atoms with Crippen molar-refractivity contribution in [2.24, 2.45) is 0 Å². The summed E-state index contributed by atoms with van der Waals surface area (Å²) in [7, 11) is 0. The zero-order chi connectivity index (χ0) is 16.8. The number of nitrogens with one attached hydrogen (secondary N) is 1. The number of hydrogen-bond donors (Lipinski definition) is 1. The molecule has 0 radical (unpaired) electrons. The van der Waals surface area contributed by atoms with Crippen LogP contribution < -0.4 is 5.32 Å². The van der Waals surface area contributed by atoms with Crippen molar-refractivity contribution in [3.05, 3.63) is 60.9 Å². The molecule has 0 aliphatic heterocycles. The van der Waals surface area contributed by atoms with Crippen LogP contribution in [0.25, 0.3) is 5.69 Å². The molecule has 0 fully saturated rings. The van der Waals surface area contributed by atoms with E-state index in [1.54, 1.807) is 18.1 Å². The summed E-state index contributed by atoms with van der Waals surface area (Å²) in [5.41, 5.74) is 1.77. The zero-order valence-corrected chi connectivity index (χ0v) is 14.7. The molecule has 7 heteroatoms. The van der Waals surface area contributed by atoms with Crippen LogP contribution >= 0.6 is 23.5 Å². The first-order chi connectivity index (χ1) is 11.8. The molecule has 1 aromatic heterocycles. The predicted octanol–water partition coefficient (Wildman–Crippen LogP) is 3.72. The van der Waals surface area contributed by atoms with Crippen molar-refractivity contribution < 1.29 is 4.79 Å². The normalized spacial score (nSPS) is 10.5. The number of thioether (sulfide) groups is 2. The van der Waals surface area contributed by atoms with Gasteiger partial charge in [0.1, 0.15) is 6.33 Å². The Bertz CT molecular complexity index is 820. The molecule has 5 nitrogen and oxygen atoms in total. The second kappa shape index (κ2) is 8.03. The number of benzene rings is 2. The average molecular weight is 356 g/mol. The van der Waals surface area contributed by atoms with E-state index in [4.69, 9.17) is 0 Å². The highest BCUT2D eigenvalue weighted by atomic mass is 32.2. The lowest BCUT2D eigenvalue weighted by Crippen LogP contribution is -2.14. The van der Waals surface area contributed by atoms with E-state index in [1.807, 2.05) is 65.4 Å². The highest BCUT2D eigenvalue weighted by molar-refractivity contribution is 7.99. The van der Waals surface area contributed by atoms with Gasteiger partial charge < -0.3 is 5.32 Å². The van der Waals surface area contributed by atoms with Gasteiger partial charge in [0.25, 0.3) is 0 Å². The van der Waals surface area contributed by atoms with Crippen molar-refractivity contribution in [1.29, 1.82) is 0 Å². The topological polar surface area (TPSA) is 59.8 Å². The number of amides is 1. The summed E-state index contributed by atoms with van der Waals surface area (Å²) in [5, 5.41) is 11.6. The van der Waals surface area contributed by atoms with Gasteiger partial charge in [0, 0.05) is 16.3 Å². The molecule has 0 aliphatic carbocycles. The predicted molar refractivity (Wildman–Crippen MR) is 98.9 cm³/mol. The van der Waals surface area contributed by atoms with Crippen LogP contribution in [0, 0.1) is 0 Å². The van der Waals surface area contributed by atoms with Crippen LogP contribution in [0.1, 0.15) is 0 Å². The highest BCUT2D eigenvalue weighted by Gasteiger charge is 2.10. The Hall–Kier alpha value is -2.25. The van der Waals surface area contributed by atoms with Crippen molar-refractivity contribution in [2.45, 2.75) is 10.1 Å². The fourth-order valence-electron chi connectivity index (χ4n) is 2.12. The summed E-state index contributed by atoms with van der Waals surface area (Å²) in [5.74, 6) is 0.204. The SMILES string of the molecule is CSc1cccc(NC(=O)CSc2nncn2-c2ccccc2)c1. The van der Waals surface area contributed by atoms with Gasteiger partial charge in [-0.3, -0.25) is 9.36 Å². The number of anilines is 1. The Kier molecular flexibility index (Phi) is 5.55. The third-order valence-electron chi connectivity index (χ3n) is 3.24. The van der Waals surface area contributed by atoms with Gasteiger partial charge in [-0.05, 0) is 36.6 Å². The minimum atomic E-state index is -0.0686. The van der Waals surface area contributed by atoms with Gasteiger partial charge in [-0.25, -0.2) is 0 Å². The van der Waals surface area contributed by atoms with Crippen LogP contribution in [0.3, 0.4) is 0 Å². The lowest BCUT2D eigenvalue weighted by atomic mass is 10.3. The van der Waals surface area contributed by atoms with E-state index >= 15 is 0 Å². The van der Waals surface area contributed by atoms with E-state index in [2.05, 4.69) is 15.5 Å². The molecule has 122 valence electrons. The first kappa shape index (κ1) is 16.6. The van der Waals surface area contributed by atoms with Crippen molar-refractivity contribution >= 4 is 35.1 Å². The third kappa shape index (κ3) is 4.18. The molecule has 1 amide bonds. The lowest BCUT2D eigenvalue weighted by Gasteiger charge is -2.07. The number of rotatable bonds is 6. The van der Waals surface area contributed by atoms with E-state index in [1.165, 1.54) is 11.8 Å². The Morgan fingerprint density at radius 1 is 1.17 bits per heavy atom. The first-order valence-corrected chi connectivity index (χ1v) is 9.49. The Balaban J connectivity index is 1.62. The molecule has 0 saturated carbocycles. The van der Waals surface area contributed by atoms with Crippen LogP contribution in [-0.4, -0.2) is 32.7 Å². The van der Waals surface area contributed by atoms with Crippen LogP contribution in [0.4, 0.5) is 5.69 Å². The molecule has 24 heavy (non-hydrogen) atoms. The molecule has 0 unspecified atom stereocenters. The number of nitrogens with zero attached hydrogens (tertiary/aromatic N) is 3. The maximum absolute atomic E-state index is 12.2. The van der Waals surface area contributed by atoms with Crippen molar-refractivity contribution in [1.82, 2.24) is 14.8 Å². The summed E-state index contributed by atoms with van der Waals surface area (Å²) in [6, 6.07) is 17.6. The second-order valence-electron chi connectivity index (χ2n) is 4.89. The minimum absolute atomic E-state index is 0.0686. The Morgan fingerprint density at radius 3 is 2.79 bits per heavy atom. The number of carbonyl (C=O) groups excluding carboxylic acids is 1. The zero-order valence-electron chi connectivity index (χ0n) is 13.0. The monoisotopic (exact) mass is 356 g/mol. The van der Waals surface area contributed by atoms with Gasteiger partial charge in [0.05, 0.1) is 5.75 Å². The Labute approximate surface area is 148 Å². The van der Waals surface area contributed by atoms with Crippen LogP contribution in [0.5, 0.6) is 0 Å². The van der Waals surface area contributed by atoms with E-state index in [-0.39, 0.29) is 11.7 Å². The summed E-state index contributed by atoms with van der Waals surface area (Å²) in [4.78, 5) is 13.3. The van der Waals surface area contributed by atoms with Crippen LogP contribution in [0.2, 0.25) is 0 Å². The molecule has 0 atom stereocenters. The molecule has 0 spiro atoms. The Morgan fingerprint density at radius 2 is 2.00 bits per heavy atom. The number of para-hydroxylation sites is 1. The summed E-state index contributed by atoms with van der Waals surface area (Å²) < 4.78 is 1.87. The second-order valence-corrected chi connectivity index (χ2v) is 6.71. The maximum Gasteiger partial charge on any atom is 0.234 e. The smallest absolute Gasteiger partial charge is 0.234 e. The standard InChI is InChI=1S/C17H16N4OS2/c1-23-15-9-5-6-13(10-15)19-16(22)11-24-17-20-18-12-21(17)14-7-3-2-4-8-14/h2-10,12H,11H2,1H3,(H,19,22). The van der Waals surface area contributed by atoms with Gasteiger partial charge in [0.15, 0.2) is 5.16 Å². The van der Waals surface area contributed by atoms with Gasteiger partial charge in [0.2, 0.25) is 5.91 Å². The fourth-order valence-corrected chi connectivity index (χ4v) is 3.30. The molecular weight excluding hydrogens is 340 g/mol. The summed E-state index contributed by atoms with van der Waals surface area (Å²) >= 11 is 3.00. The molecule has 3 aromatic rings. The number of hydrogen-bond acceptors (Lipinski definition) is 5. The van der Waals surface area contributed by atoms with Gasteiger partial charge in [-0.15, -0.1) is 22.0 Å². The van der Waals surface area contributed by atoms with Crippen molar-refractivity contribution in [3.8, 4) is 5.69 Å². The molecule has 1 heterocycles. The molecular formula is C17H16N4OS2. The number of carbonyl (C=O) groups is 1. The molecule has 0 saturated heterocycles. The van der Waals surface area contributed by atoms with E-state index in [0.717, 1.165) is 16.3 Å². The van der Waals surface area contributed by atoms with Gasteiger partial charge in [-0.2, -0.15) is 0 Å². The average Bonchev–Trinajstić information content (AvgIpc) is 3.09. The summed E-state index contributed by atoms with van der Waals surface area (Å²) in [6.07, 6.45) is 3.66. The van der Waals surface area contributed by atoms with E-state index < -0.39 is 0 Å². The third-order valence-corrected chi connectivity index (χ3v) is 4.91. The summed E-state index contributed by atoms with van der Waals surface area (Å²) in [6.45, 7) is 0. The minimum Gasteiger partial charge on any atom is -0.325 e. The fraction of sp³-hybridized carbons (Fsp3) is 0.118. The molecule has 1 N–H and O–H groups in total. The largest absolute Gasteiger partial charge is 0.325 e. The number of aromatic nitrogens is 3. The maximum atomic E-state index is 12.2. The first-order valence-electron chi connectivity index (χ1n) is 7.28. The quantitative estimate of drug-likeness (QED) is 0.682. The van der Waals surface area contributed by atoms with Crippen LogP contribution in [0.15, 0.2) is 71.0 Å². The van der Waals surface area contributed by atoms with E-state index in [0.29, 0.717) is 5.16 Å².